The highest BCUT2D eigenvalue weighted by Gasteiger charge is 2.12. The van der Waals surface area contributed by atoms with Crippen LogP contribution in [0.2, 0.25) is 0 Å². The van der Waals surface area contributed by atoms with Gasteiger partial charge >= 0.3 is 5.76 Å². The summed E-state index contributed by atoms with van der Waals surface area (Å²) in [6, 6.07) is 5.36. The molecule has 0 saturated carbocycles. The van der Waals surface area contributed by atoms with Crippen molar-refractivity contribution in [1.82, 2.24) is 9.88 Å². The van der Waals surface area contributed by atoms with Crippen molar-refractivity contribution in [2.75, 3.05) is 13.2 Å². The zero-order valence-corrected chi connectivity index (χ0v) is 9.93. The number of hydrogen-bond donors (Lipinski definition) is 2. The van der Waals surface area contributed by atoms with Crippen LogP contribution in [-0.2, 0) is 7.05 Å². The molecule has 0 aliphatic heterocycles. The molecule has 1 heterocycles. The molecule has 0 saturated heterocycles. The van der Waals surface area contributed by atoms with Crippen LogP contribution in [-0.4, -0.2) is 22.8 Å². The quantitative estimate of drug-likeness (QED) is 0.823. The number of benzene rings is 1. The first-order chi connectivity index (χ1) is 8.17. The minimum Gasteiger partial charge on any atom is -0.408 e. The summed E-state index contributed by atoms with van der Waals surface area (Å²) in [4.78, 5) is 11.3. The number of aromatic nitrogens is 1. The maximum Gasteiger partial charge on any atom is 0.419 e. The van der Waals surface area contributed by atoms with E-state index in [0.29, 0.717) is 5.58 Å². The zero-order chi connectivity index (χ0) is 12.4. The number of likely N-dealkylation sites (N-methyl/N-ethyl adjacent to an activating group) is 1. The topological polar surface area (TPSA) is 67.4 Å². The first-order valence-electron chi connectivity index (χ1n) is 5.61. The Labute approximate surface area is 98.7 Å². The highest BCUT2D eigenvalue weighted by atomic mass is 16.4. The molecule has 0 amide bonds. The fraction of sp³-hybridized carbons (Fsp3) is 0.417. The van der Waals surface area contributed by atoms with E-state index in [1.165, 1.54) is 4.57 Å². The Bertz CT molecular complexity index is 571. The molecular formula is C12H16N2O3. The van der Waals surface area contributed by atoms with Gasteiger partial charge in [0.2, 0.25) is 0 Å². The van der Waals surface area contributed by atoms with Crippen LogP contribution in [0.1, 0.15) is 18.5 Å². The summed E-state index contributed by atoms with van der Waals surface area (Å²) < 4.78 is 6.51. The van der Waals surface area contributed by atoms with Crippen LogP contribution in [0.5, 0.6) is 0 Å². The van der Waals surface area contributed by atoms with Gasteiger partial charge in [-0.2, -0.15) is 0 Å². The maximum atomic E-state index is 11.3. The Morgan fingerprint density at radius 1 is 1.53 bits per heavy atom. The normalized spacial score (nSPS) is 13.1. The van der Waals surface area contributed by atoms with E-state index in [-0.39, 0.29) is 18.4 Å². The number of oxazole rings is 1. The highest BCUT2D eigenvalue weighted by molar-refractivity contribution is 5.73. The van der Waals surface area contributed by atoms with Crippen molar-refractivity contribution >= 4 is 11.1 Å². The molecule has 0 radical (unpaired) electrons. The van der Waals surface area contributed by atoms with E-state index in [9.17, 15) is 9.90 Å². The second kappa shape index (κ2) is 4.73. The average Bonchev–Trinajstić information content (AvgIpc) is 2.62. The van der Waals surface area contributed by atoms with E-state index in [4.69, 9.17) is 4.42 Å². The zero-order valence-electron chi connectivity index (χ0n) is 9.93. The summed E-state index contributed by atoms with van der Waals surface area (Å²) >= 11 is 0. The summed E-state index contributed by atoms with van der Waals surface area (Å²) in [5.41, 5.74) is 2.25. The molecule has 1 atom stereocenters. The lowest BCUT2D eigenvalue weighted by Gasteiger charge is -2.15. The van der Waals surface area contributed by atoms with Crippen molar-refractivity contribution in [3.63, 3.8) is 0 Å². The van der Waals surface area contributed by atoms with Crippen LogP contribution in [0.25, 0.3) is 11.1 Å². The molecule has 92 valence electrons. The van der Waals surface area contributed by atoms with Gasteiger partial charge in [-0.25, -0.2) is 4.79 Å². The second-order valence-corrected chi connectivity index (χ2v) is 3.95. The van der Waals surface area contributed by atoms with Crippen LogP contribution in [0.15, 0.2) is 27.4 Å². The van der Waals surface area contributed by atoms with E-state index in [2.05, 4.69) is 5.32 Å². The van der Waals surface area contributed by atoms with Gasteiger partial charge in [0.25, 0.3) is 0 Å². The molecule has 1 aromatic heterocycles. The van der Waals surface area contributed by atoms with Gasteiger partial charge in [0, 0.05) is 7.05 Å². The molecule has 0 aliphatic rings. The van der Waals surface area contributed by atoms with Crippen molar-refractivity contribution in [3.8, 4) is 0 Å². The molecule has 0 bridgehead atoms. The summed E-state index contributed by atoms with van der Waals surface area (Å²) in [7, 11) is 1.67. The summed E-state index contributed by atoms with van der Waals surface area (Å²) in [6.07, 6.45) is 0. The molecule has 0 fully saturated rings. The molecule has 1 aromatic carbocycles. The number of hydrogen-bond acceptors (Lipinski definition) is 4. The van der Waals surface area contributed by atoms with E-state index in [0.717, 1.165) is 17.6 Å². The molecule has 17 heavy (non-hydrogen) atoms. The number of nitrogens with one attached hydrogen (secondary N) is 1. The van der Waals surface area contributed by atoms with Gasteiger partial charge in [-0.15, -0.1) is 0 Å². The number of aliphatic hydroxyl groups is 1. The Morgan fingerprint density at radius 2 is 2.29 bits per heavy atom. The van der Waals surface area contributed by atoms with E-state index in [1.807, 2.05) is 19.1 Å². The lowest BCUT2D eigenvalue weighted by Crippen LogP contribution is -2.23. The minimum absolute atomic E-state index is 0.0190. The molecule has 2 N–H and O–H groups in total. The smallest absolute Gasteiger partial charge is 0.408 e. The van der Waals surface area contributed by atoms with Gasteiger partial charge in [0.1, 0.15) is 0 Å². The number of aryl methyl sites for hydroxylation is 1. The van der Waals surface area contributed by atoms with Gasteiger partial charge in [-0.3, -0.25) is 4.57 Å². The Hall–Kier alpha value is -1.59. The van der Waals surface area contributed by atoms with Crippen molar-refractivity contribution in [2.24, 2.45) is 7.05 Å². The fourth-order valence-electron chi connectivity index (χ4n) is 1.89. The Kier molecular flexibility index (Phi) is 3.31. The first kappa shape index (κ1) is 11.9. The lowest BCUT2D eigenvalue weighted by molar-refractivity contribution is 0.246. The van der Waals surface area contributed by atoms with Gasteiger partial charge in [-0.05, 0) is 24.2 Å². The van der Waals surface area contributed by atoms with Crippen LogP contribution < -0.4 is 11.1 Å². The van der Waals surface area contributed by atoms with Gasteiger partial charge < -0.3 is 14.8 Å². The van der Waals surface area contributed by atoms with E-state index in [1.54, 1.807) is 13.1 Å². The van der Waals surface area contributed by atoms with E-state index < -0.39 is 0 Å². The van der Waals surface area contributed by atoms with Crippen molar-refractivity contribution < 1.29 is 9.52 Å². The largest absolute Gasteiger partial charge is 0.419 e. The highest BCUT2D eigenvalue weighted by Crippen LogP contribution is 2.19. The molecule has 2 rings (SSSR count). The van der Waals surface area contributed by atoms with Crippen LogP contribution in [0.3, 0.4) is 0 Å². The molecule has 5 nitrogen and oxygen atoms in total. The molecule has 5 heteroatoms. The number of nitrogens with zero attached hydrogens (tertiary/aromatic N) is 1. The predicted molar refractivity (Wildman–Crippen MR) is 65.0 cm³/mol. The summed E-state index contributed by atoms with van der Waals surface area (Å²) in [6.45, 7) is 2.77. The average molecular weight is 236 g/mol. The van der Waals surface area contributed by atoms with Gasteiger partial charge in [0.05, 0.1) is 18.2 Å². The monoisotopic (exact) mass is 236 g/mol. The number of aliphatic hydroxyl groups excluding tert-OH is 1. The Balaban J connectivity index is 2.49. The van der Waals surface area contributed by atoms with Gasteiger partial charge in [-0.1, -0.05) is 13.0 Å². The van der Waals surface area contributed by atoms with Crippen molar-refractivity contribution in [1.29, 1.82) is 0 Å². The third-order valence-corrected chi connectivity index (χ3v) is 2.85. The number of rotatable bonds is 4. The standard InChI is InChI=1S/C12H16N2O3/c1-3-13-9(7-15)8-4-5-11-10(6-8)14(2)12(16)17-11/h4-6,9,13,15H,3,7H2,1-2H3. The molecular weight excluding hydrogens is 220 g/mol. The van der Waals surface area contributed by atoms with Crippen LogP contribution >= 0.6 is 0 Å². The Morgan fingerprint density at radius 3 is 2.94 bits per heavy atom. The van der Waals surface area contributed by atoms with Crippen molar-refractivity contribution in [2.45, 2.75) is 13.0 Å². The van der Waals surface area contributed by atoms with Crippen LogP contribution in [0, 0.1) is 0 Å². The molecule has 0 spiro atoms. The van der Waals surface area contributed by atoms with Crippen LogP contribution in [0.4, 0.5) is 0 Å². The molecule has 1 unspecified atom stereocenters. The lowest BCUT2D eigenvalue weighted by atomic mass is 10.1. The third-order valence-electron chi connectivity index (χ3n) is 2.85. The predicted octanol–water partition coefficient (Wildman–Crippen LogP) is 0.774. The maximum absolute atomic E-state index is 11.3. The third kappa shape index (κ3) is 2.11. The first-order valence-corrected chi connectivity index (χ1v) is 5.61. The van der Waals surface area contributed by atoms with Gasteiger partial charge in [0.15, 0.2) is 5.58 Å². The fourth-order valence-corrected chi connectivity index (χ4v) is 1.89. The second-order valence-electron chi connectivity index (χ2n) is 3.95. The molecule has 0 aliphatic carbocycles. The van der Waals surface area contributed by atoms with E-state index >= 15 is 0 Å². The minimum atomic E-state index is -0.374. The number of fused-ring (bicyclic) bond motifs is 1. The summed E-state index contributed by atoms with van der Waals surface area (Å²) in [5, 5.41) is 12.5. The van der Waals surface area contributed by atoms with Crippen molar-refractivity contribution in [3.05, 3.63) is 34.3 Å². The summed E-state index contributed by atoms with van der Waals surface area (Å²) in [5.74, 6) is -0.374. The molecule has 2 aromatic rings. The SMILES string of the molecule is CCNC(CO)c1ccc2oc(=O)n(C)c2c1.